The van der Waals surface area contributed by atoms with Crippen molar-refractivity contribution in [1.82, 2.24) is 10.2 Å². The van der Waals surface area contributed by atoms with Crippen LogP contribution in [0.4, 0.5) is 5.13 Å². The molecular formula is C37H29Cl2N3O5S2. The number of ketones is 1. The smallest absolute Gasteiger partial charge is 0.296 e. The molecule has 248 valence electrons. The van der Waals surface area contributed by atoms with Crippen LogP contribution in [0.3, 0.4) is 0 Å². The zero-order chi connectivity index (χ0) is 34.3. The van der Waals surface area contributed by atoms with Crippen LogP contribution in [0.15, 0.2) is 119 Å². The Morgan fingerprint density at radius 3 is 2.45 bits per heavy atom. The van der Waals surface area contributed by atoms with E-state index in [0.717, 1.165) is 28.0 Å². The Labute approximate surface area is 301 Å². The number of aliphatic hydroxyl groups excluding tert-OH is 1. The van der Waals surface area contributed by atoms with E-state index >= 15 is 0 Å². The zero-order valence-electron chi connectivity index (χ0n) is 26.1. The number of allylic oxidation sites excluding steroid dienone is 1. The van der Waals surface area contributed by atoms with Crippen molar-refractivity contribution in [2.45, 2.75) is 29.7 Å². The van der Waals surface area contributed by atoms with E-state index in [0.29, 0.717) is 50.4 Å². The number of aliphatic hydroxyl groups is 1. The van der Waals surface area contributed by atoms with Gasteiger partial charge in [-0.15, -0.1) is 10.2 Å². The van der Waals surface area contributed by atoms with Gasteiger partial charge in [-0.1, -0.05) is 125 Å². The molecule has 1 N–H and O–H groups in total. The number of hydrogen-bond donors (Lipinski definition) is 1. The molecule has 0 spiro atoms. The number of thioether (sulfide) groups is 1. The molecule has 2 heterocycles. The molecule has 4 aromatic carbocycles. The summed E-state index contributed by atoms with van der Waals surface area (Å²) >= 11 is 15.0. The number of amides is 1. The second-order valence-electron chi connectivity index (χ2n) is 10.7. The molecule has 1 amide bonds. The molecule has 12 heteroatoms. The van der Waals surface area contributed by atoms with Crippen molar-refractivity contribution >= 4 is 69.2 Å². The van der Waals surface area contributed by atoms with Crippen molar-refractivity contribution in [3.8, 4) is 11.5 Å². The average molecular weight is 731 g/mol. The molecule has 1 aliphatic heterocycles. The van der Waals surface area contributed by atoms with Gasteiger partial charge in [0.05, 0.1) is 18.2 Å². The lowest BCUT2D eigenvalue weighted by atomic mass is 9.95. The zero-order valence-corrected chi connectivity index (χ0v) is 29.2. The summed E-state index contributed by atoms with van der Waals surface area (Å²) in [4.78, 5) is 28.9. The minimum absolute atomic E-state index is 0.0880. The maximum absolute atomic E-state index is 13.8. The van der Waals surface area contributed by atoms with Crippen LogP contribution in [0.25, 0.3) is 6.08 Å². The summed E-state index contributed by atoms with van der Waals surface area (Å²) < 4.78 is 12.6. The summed E-state index contributed by atoms with van der Waals surface area (Å²) in [6.07, 6.45) is 2.99. The third kappa shape index (κ3) is 8.00. The molecule has 5 aromatic rings. The molecule has 0 radical (unpaired) electrons. The van der Waals surface area contributed by atoms with E-state index < -0.39 is 23.5 Å². The van der Waals surface area contributed by atoms with Crippen LogP contribution in [0.1, 0.15) is 35.2 Å². The molecule has 6 rings (SSSR count). The number of carbonyl (C=O) groups is 2. The first-order valence-electron chi connectivity index (χ1n) is 15.2. The molecule has 0 fully saturated rings. The molecule has 8 nitrogen and oxygen atoms in total. The molecule has 1 aliphatic rings. The Kier molecular flexibility index (Phi) is 11.0. The van der Waals surface area contributed by atoms with E-state index in [1.54, 1.807) is 36.4 Å². The number of aromatic nitrogens is 2. The van der Waals surface area contributed by atoms with Crippen molar-refractivity contribution in [3.63, 3.8) is 0 Å². The SMILES string of the molecule is CCOc1cc(C2C(C(=O)C=Cc3ccccc3)=C(O)C(=O)N2c2nnc(SCc3ccc(Cl)cc3Cl)s2)ccc1OCc1ccccc1. The largest absolute Gasteiger partial charge is 0.503 e. The minimum atomic E-state index is -1.03. The second kappa shape index (κ2) is 15.7. The summed E-state index contributed by atoms with van der Waals surface area (Å²) in [6.45, 7) is 2.51. The van der Waals surface area contributed by atoms with E-state index in [9.17, 15) is 14.7 Å². The Balaban J connectivity index is 1.34. The normalized spacial score (nSPS) is 14.6. The van der Waals surface area contributed by atoms with Gasteiger partial charge in [-0.3, -0.25) is 14.5 Å². The second-order valence-corrected chi connectivity index (χ2v) is 13.8. The third-order valence-corrected chi connectivity index (χ3v) is 10.2. The Bertz CT molecular complexity index is 2040. The molecule has 49 heavy (non-hydrogen) atoms. The van der Waals surface area contributed by atoms with Gasteiger partial charge in [0.1, 0.15) is 6.61 Å². The number of hydrogen-bond acceptors (Lipinski definition) is 9. The highest BCUT2D eigenvalue weighted by atomic mass is 35.5. The van der Waals surface area contributed by atoms with Crippen LogP contribution in [-0.4, -0.2) is 33.6 Å². The topological polar surface area (TPSA) is 102 Å². The predicted octanol–water partition coefficient (Wildman–Crippen LogP) is 9.30. The van der Waals surface area contributed by atoms with Crippen LogP contribution in [0.5, 0.6) is 11.5 Å². The number of anilines is 1. The van der Waals surface area contributed by atoms with E-state index in [4.69, 9.17) is 32.7 Å². The van der Waals surface area contributed by atoms with Crippen molar-refractivity contribution in [1.29, 1.82) is 0 Å². The van der Waals surface area contributed by atoms with Gasteiger partial charge in [0, 0.05) is 15.8 Å². The fourth-order valence-electron chi connectivity index (χ4n) is 5.15. The average Bonchev–Trinajstić information content (AvgIpc) is 3.68. The van der Waals surface area contributed by atoms with Gasteiger partial charge in [0.15, 0.2) is 27.4 Å². The van der Waals surface area contributed by atoms with Gasteiger partial charge in [0.2, 0.25) is 5.13 Å². The van der Waals surface area contributed by atoms with Crippen molar-refractivity contribution < 1.29 is 24.2 Å². The lowest BCUT2D eigenvalue weighted by molar-refractivity contribution is -0.117. The number of rotatable bonds is 13. The maximum Gasteiger partial charge on any atom is 0.296 e. The molecule has 1 unspecified atom stereocenters. The molecule has 0 aliphatic carbocycles. The summed E-state index contributed by atoms with van der Waals surface area (Å²) in [6, 6.07) is 28.5. The van der Waals surface area contributed by atoms with Crippen LogP contribution in [0, 0.1) is 0 Å². The highest BCUT2D eigenvalue weighted by molar-refractivity contribution is 8.00. The predicted molar refractivity (Wildman–Crippen MR) is 195 cm³/mol. The Morgan fingerprint density at radius 1 is 0.959 bits per heavy atom. The number of halogens is 2. The molecular weight excluding hydrogens is 701 g/mol. The maximum atomic E-state index is 13.8. The minimum Gasteiger partial charge on any atom is -0.503 e. The monoisotopic (exact) mass is 729 g/mol. The van der Waals surface area contributed by atoms with Crippen LogP contribution < -0.4 is 14.4 Å². The number of nitrogens with zero attached hydrogens (tertiary/aromatic N) is 3. The van der Waals surface area contributed by atoms with Gasteiger partial charge in [-0.25, -0.2) is 0 Å². The fourth-order valence-corrected chi connectivity index (χ4v) is 7.58. The van der Waals surface area contributed by atoms with Crippen LogP contribution in [-0.2, 0) is 21.9 Å². The van der Waals surface area contributed by atoms with Crippen LogP contribution in [0.2, 0.25) is 10.0 Å². The Morgan fingerprint density at radius 2 is 1.71 bits per heavy atom. The highest BCUT2D eigenvalue weighted by Gasteiger charge is 2.45. The molecule has 0 saturated carbocycles. The molecule has 0 saturated heterocycles. The summed E-state index contributed by atoms with van der Waals surface area (Å²) in [5.74, 6) is -0.548. The summed E-state index contributed by atoms with van der Waals surface area (Å²) in [5.41, 5.74) is 3.06. The summed E-state index contributed by atoms with van der Waals surface area (Å²) in [5, 5.41) is 21.1. The van der Waals surface area contributed by atoms with Crippen molar-refractivity contribution in [2.24, 2.45) is 0 Å². The van der Waals surface area contributed by atoms with E-state index in [-0.39, 0.29) is 10.7 Å². The molecule has 1 atom stereocenters. The first-order chi connectivity index (χ1) is 23.8. The van der Waals surface area contributed by atoms with Gasteiger partial charge < -0.3 is 14.6 Å². The summed E-state index contributed by atoms with van der Waals surface area (Å²) in [7, 11) is 0. The van der Waals surface area contributed by atoms with Crippen molar-refractivity contribution in [3.05, 3.63) is 147 Å². The lowest BCUT2D eigenvalue weighted by Crippen LogP contribution is -2.31. The fraction of sp³-hybridized carbons (Fsp3) is 0.135. The standard InChI is InChI=1S/C37H29Cl2N3O5S2/c1-2-46-31-19-25(15-18-30(31)47-21-24-11-7-4-8-12-24)33-32(29(43)17-13-23-9-5-3-6-10-23)34(44)35(45)42(33)36-40-41-37(49-36)48-22-26-14-16-27(38)20-28(26)39/h3-20,33,44H,2,21-22H2,1H3. The van der Waals surface area contributed by atoms with E-state index in [1.807, 2.05) is 73.7 Å². The third-order valence-electron chi connectivity index (χ3n) is 7.49. The van der Waals surface area contributed by atoms with Gasteiger partial charge in [-0.2, -0.15) is 0 Å². The van der Waals surface area contributed by atoms with Gasteiger partial charge in [-0.05, 0) is 59.5 Å². The highest BCUT2D eigenvalue weighted by Crippen LogP contribution is 2.45. The number of carbonyl (C=O) groups excluding carboxylic acids is 2. The quantitative estimate of drug-likeness (QED) is 0.0727. The lowest BCUT2D eigenvalue weighted by Gasteiger charge is -2.24. The molecule has 0 bridgehead atoms. The van der Waals surface area contributed by atoms with E-state index in [2.05, 4.69) is 10.2 Å². The van der Waals surface area contributed by atoms with Crippen LogP contribution >= 0.6 is 46.3 Å². The first-order valence-corrected chi connectivity index (χ1v) is 17.8. The Hall–Kier alpha value is -4.61. The first kappa shape index (κ1) is 34.3. The van der Waals surface area contributed by atoms with Gasteiger partial charge in [0.25, 0.3) is 5.91 Å². The number of benzene rings is 4. The number of ether oxygens (including phenoxy) is 2. The van der Waals surface area contributed by atoms with Crippen molar-refractivity contribution in [2.75, 3.05) is 11.5 Å². The van der Waals surface area contributed by atoms with Gasteiger partial charge >= 0.3 is 0 Å². The molecule has 1 aromatic heterocycles. The van der Waals surface area contributed by atoms with E-state index in [1.165, 1.54) is 22.7 Å².